The molecule has 3 heterocycles. The van der Waals surface area contributed by atoms with E-state index in [0.717, 1.165) is 49.0 Å². The highest BCUT2D eigenvalue weighted by Gasteiger charge is 2.55. The maximum Gasteiger partial charge on any atom is 0.225 e. The van der Waals surface area contributed by atoms with Crippen LogP contribution in [-0.4, -0.2) is 33.6 Å². The molecule has 2 aliphatic carbocycles. The van der Waals surface area contributed by atoms with E-state index in [9.17, 15) is 9.90 Å². The van der Waals surface area contributed by atoms with Gasteiger partial charge in [0.05, 0.1) is 29.4 Å². The van der Waals surface area contributed by atoms with Crippen LogP contribution in [0.2, 0.25) is 0 Å². The van der Waals surface area contributed by atoms with Gasteiger partial charge in [-0.25, -0.2) is 0 Å². The van der Waals surface area contributed by atoms with Crippen LogP contribution in [0.25, 0.3) is 0 Å². The topological polar surface area (TPSA) is 67.8 Å². The number of hydrazine groups is 2. The summed E-state index contributed by atoms with van der Waals surface area (Å²) in [6.07, 6.45) is 4.92. The Labute approximate surface area is 176 Å². The van der Waals surface area contributed by atoms with Gasteiger partial charge in [0.1, 0.15) is 0 Å². The van der Waals surface area contributed by atoms with Crippen molar-refractivity contribution in [3.05, 3.63) is 60.2 Å². The number of amides is 1. The standard InChI is InChI=1S/C24H28N4O2/c29-23(27-18-10-16-11-19(27)15-24(30,13-16)14-18)12-22(17-6-2-1-3-7-17)28-21-9-5-4-8-20(21)25-26-28/h1-9,16,18-19,22,25-26,30H,10-15H2. The lowest BCUT2D eigenvalue weighted by atomic mass is 9.61. The van der Waals surface area contributed by atoms with Crippen LogP contribution in [0.3, 0.4) is 0 Å². The number of carbonyl (C=O) groups is 1. The molecule has 0 aromatic heterocycles. The van der Waals surface area contributed by atoms with Gasteiger partial charge in [-0.1, -0.05) is 42.5 Å². The smallest absolute Gasteiger partial charge is 0.225 e. The average molecular weight is 405 g/mol. The molecule has 2 aromatic rings. The average Bonchev–Trinajstić information content (AvgIpc) is 3.15. The summed E-state index contributed by atoms with van der Waals surface area (Å²) < 4.78 is 0. The van der Waals surface area contributed by atoms with Crippen LogP contribution in [-0.2, 0) is 4.79 Å². The third-order valence-corrected chi connectivity index (χ3v) is 7.52. The van der Waals surface area contributed by atoms with Crippen LogP contribution in [0.15, 0.2) is 54.6 Å². The van der Waals surface area contributed by atoms with Gasteiger partial charge in [0, 0.05) is 12.1 Å². The fraction of sp³-hybridized carbons (Fsp3) is 0.458. The number of hydrogen-bond donors (Lipinski definition) is 3. The Kier molecular flexibility index (Phi) is 4.08. The Balaban J connectivity index is 1.29. The van der Waals surface area contributed by atoms with Crippen LogP contribution in [0, 0.1) is 5.92 Å². The van der Waals surface area contributed by atoms with Gasteiger partial charge in [-0.2, -0.15) is 0 Å². The second kappa shape index (κ2) is 6.72. The molecule has 3 N–H and O–H groups in total. The Morgan fingerprint density at radius 3 is 2.47 bits per heavy atom. The summed E-state index contributed by atoms with van der Waals surface area (Å²) in [5.41, 5.74) is 9.14. The van der Waals surface area contributed by atoms with Crippen molar-refractivity contribution in [2.45, 2.75) is 62.3 Å². The van der Waals surface area contributed by atoms with Crippen molar-refractivity contribution in [2.24, 2.45) is 5.92 Å². The molecule has 4 fully saturated rings. The summed E-state index contributed by atoms with van der Waals surface area (Å²) in [7, 11) is 0. The van der Waals surface area contributed by atoms with Gasteiger partial charge in [0.25, 0.3) is 0 Å². The van der Waals surface area contributed by atoms with Crippen molar-refractivity contribution in [1.29, 1.82) is 0 Å². The molecular weight excluding hydrogens is 376 g/mol. The first kappa shape index (κ1) is 18.2. The summed E-state index contributed by atoms with van der Waals surface area (Å²) in [6, 6.07) is 18.7. The third-order valence-electron chi connectivity index (χ3n) is 7.52. The maximum absolute atomic E-state index is 13.7. The highest BCUT2D eigenvalue weighted by atomic mass is 16.3. The number of aliphatic hydroxyl groups is 1. The number of anilines is 2. The van der Waals surface area contributed by atoms with Crippen LogP contribution in [0.5, 0.6) is 0 Å². The van der Waals surface area contributed by atoms with E-state index in [4.69, 9.17) is 0 Å². The number of para-hydroxylation sites is 2. The second-order valence-corrected chi connectivity index (χ2v) is 9.54. The molecule has 156 valence electrons. The van der Waals surface area contributed by atoms with Crippen LogP contribution < -0.4 is 16.0 Å². The number of fused-ring (bicyclic) bond motifs is 1. The molecule has 0 spiro atoms. The van der Waals surface area contributed by atoms with Crippen molar-refractivity contribution in [3.63, 3.8) is 0 Å². The van der Waals surface area contributed by atoms with Crippen molar-refractivity contribution < 1.29 is 9.90 Å². The highest BCUT2D eigenvalue weighted by Crippen LogP contribution is 2.51. The number of rotatable bonds is 4. The van der Waals surface area contributed by atoms with E-state index >= 15 is 0 Å². The minimum Gasteiger partial charge on any atom is -0.390 e. The van der Waals surface area contributed by atoms with Gasteiger partial charge in [-0.15, -0.1) is 5.53 Å². The van der Waals surface area contributed by atoms with Crippen LogP contribution >= 0.6 is 0 Å². The Hall–Kier alpha value is -2.57. The Bertz CT molecular complexity index is 949. The molecule has 30 heavy (non-hydrogen) atoms. The quantitative estimate of drug-likeness (QED) is 0.729. The normalized spacial score (nSPS) is 32.1. The van der Waals surface area contributed by atoms with Gasteiger partial charge in [0.15, 0.2) is 0 Å². The van der Waals surface area contributed by atoms with Gasteiger partial charge in [0.2, 0.25) is 5.91 Å². The summed E-state index contributed by atoms with van der Waals surface area (Å²) in [6.45, 7) is 0. The van der Waals surface area contributed by atoms with E-state index in [1.165, 1.54) is 0 Å². The summed E-state index contributed by atoms with van der Waals surface area (Å²) in [5, 5.41) is 13.0. The molecule has 3 aliphatic heterocycles. The lowest BCUT2D eigenvalue weighted by Gasteiger charge is -2.59. The number of benzene rings is 2. The van der Waals surface area contributed by atoms with Gasteiger partial charge in [-0.3, -0.25) is 9.80 Å². The zero-order valence-corrected chi connectivity index (χ0v) is 17.0. The fourth-order valence-corrected chi connectivity index (χ4v) is 6.51. The maximum atomic E-state index is 13.7. The molecule has 1 amide bonds. The van der Waals surface area contributed by atoms with Crippen LogP contribution in [0.1, 0.15) is 50.1 Å². The summed E-state index contributed by atoms with van der Waals surface area (Å²) >= 11 is 0. The van der Waals surface area contributed by atoms with E-state index < -0.39 is 5.60 Å². The molecule has 3 atom stereocenters. The number of carbonyl (C=O) groups excluding carboxylic acids is 1. The third kappa shape index (κ3) is 2.89. The fourth-order valence-electron chi connectivity index (χ4n) is 6.51. The molecule has 5 aliphatic rings. The molecule has 3 unspecified atom stereocenters. The Morgan fingerprint density at radius 1 is 1.03 bits per heavy atom. The number of hydrogen-bond acceptors (Lipinski definition) is 5. The second-order valence-electron chi connectivity index (χ2n) is 9.54. The molecule has 2 saturated heterocycles. The molecule has 0 radical (unpaired) electrons. The van der Waals surface area contributed by atoms with Gasteiger partial charge >= 0.3 is 0 Å². The first-order chi connectivity index (χ1) is 14.6. The number of nitrogens with one attached hydrogen (secondary N) is 2. The van der Waals surface area contributed by atoms with E-state index in [2.05, 4.69) is 39.1 Å². The molecule has 4 bridgehead atoms. The minimum atomic E-state index is -0.536. The van der Waals surface area contributed by atoms with E-state index in [1.54, 1.807) is 0 Å². The minimum absolute atomic E-state index is 0.116. The molecule has 6 nitrogen and oxygen atoms in total. The van der Waals surface area contributed by atoms with E-state index in [0.29, 0.717) is 12.3 Å². The van der Waals surface area contributed by atoms with Crippen molar-refractivity contribution >= 4 is 17.3 Å². The zero-order valence-electron chi connectivity index (χ0n) is 17.0. The van der Waals surface area contributed by atoms with Crippen molar-refractivity contribution in [2.75, 3.05) is 10.4 Å². The first-order valence-corrected chi connectivity index (χ1v) is 11.1. The predicted molar refractivity (Wildman–Crippen MR) is 115 cm³/mol. The van der Waals surface area contributed by atoms with Crippen molar-refractivity contribution in [3.8, 4) is 0 Å². The SMILES string of the molecule is O=C(CC(c1ccccc1)N1NNc2ccccc21)N1C2CC3CC1CC(O)(C3)C2. The molecular formula is C24H28N4O2. The first-order valence-electron chi connectivity index (χ1n) is 11.1. The Morgan fingerprint density at radius 2 is 1.73 bits per heavy atom. The van der Waals surface area contributed by atoms with Crippen molar-refractivity contribution in [1.82, 2.24) is 10.4 Å². The van der Waals surface area contributed by atoms with Gasteiger partial charge in [-0.05, 0) is 55.7 Å². The monoisotopic (exact) mass is 404 g/mol. The zero-order chi connectivity index (χ0) is 20.3. The number of piperidine rings is 2. The molecule has 2 saturated carbocycles. The summed E-state index contributed by atoms with van der Waals surface area (Å²) in [4.78, 5) is 15.8. The molecule has 7 rings (SSSR count). The van der Waals surface area contributed by atoms with E-state index in [-0.39, 0.29) is 24.0 Å². The van der Waals surface area contributed by atoms with Crippen LogP contribution in [0.4, 0.5) is 11.4 Å². The lowest BCUT2D eigenvalue weighted by Crippen LogP contribution is -2.66. The van der Waals surface area contributed by atoms with E-state index in [1.807, 2.05) is 36.4 Å². The summed E-state index contributed by atoms with van der Waals surface area (Å²) in [5.74, 6) is 0.783. The predicted octanol–water partition coefficient (Wildman–Crippen LogP) is 3.37. The number of nitrogens with zero attached hydrogens (tertiary/aromatic N) is 2. The lowest BCUT2D eigenvalue weighted by molar-refractivity contribution is -0.175. The molecule has 2 aromatic carbocycles. The van der Waals surface area contributed by atoms with Gasteiger partial charge < -0.3 is 15.4 Å². The molecule has 6 heteroatoms. The highest BCUT2D eigenvalue weighted by molar-refractivity contribution is 5.80. The largest absolute Gasteiger partial charge is 0.390 e.